The van der Waals surface area contributed by atoms with Crippen LogP contribution in [0.5, 0.6) is 0 Å². The van der Waals surface area contributed by atoms with Crippen LogP contribution in [0.15, 0.2) is 0 Å². The molecule has 2 rings (SSSR count). The molecule has 0 aromatic carbocycles. The van der Waals surface area contributed by atoms with Gasteiger partial charge >= 0.3 is 0 Å². The van der Waals surface area contributed by atoms with Crippen LogP contribution in [0.1, 0.15) is 66.2 Å². The van der Waals surface area contributed by atoms with Crippen LogP contribution < -0.4 is 5.32 Å². The van der Waals surface area contributed by atoms with E-state index in [1.165, 1.54) is 0 Å². The van der Waals surface area contributed by atoms with Gasteiger partial charge in [0.2, 0.25) is 11.8 Å². The van der Waals surface area contributed by atoms with Gasteiger partial charge in [0.25, 0.3) is 0 Å². The highest BCUT2D eigenvalue weighted by atomic mass is 16.2. The quantitative estimate of drug-likeness (QED) is 0.863. The highest BCUT2D eigenvalue weighted by molar-refractivity contribution is 6.00. The Kier molecular flexibility index (Phi) is 4.12. The summed E-state index contributed by atoms with van der Waals surface area (Å²) in [5.74, 6) is 0.202. The highest BCUT2D eigenvalue weighted by Crippen LogP contribution is 2.39. The molecule has 114 valence electrons. The van der Waals surface area contributed by atoms with Gasteiger partial charge < -0.3 is 10.2 Å². The molecule has 2 fully saturated rings. The maximum atomic E-state index is 12.7. The summed E-state index contributed by atoms with van der Waals surface area (Å²) < 4.78 is 0. The van der Waals surface area contributed by atoms with Gasteiger partial charge in [0.1, 0.15) is 11.6 Å². The van der Waals surface area contributed by atoms with Crippen LogP contribution in [0.3, 0.4) is 0 Å². The SMILES string of the molecule is CCC1NC(=O)C2(CCCC2)N(CCC(C)(C)C)C1=O. The Morgan fingerprint density at radius 1 is 1.25 bits per heavy atom. The van der Waals surface area contributed by atoms with E-state index in [1.807, 2.05) is 11.8 Å². The Labute approximate surface area is 122 Å². The molecule has 1 saturated carbocycles. The largest absolute Gasteiger partial charge is 0.342 e. The van der Waals surface area contributed by atoms with Gasteiger partial charge in [-0.25, -0.2) is 0 Å². The Bertz CT molecular complexity index is 392. The first-order chi connectivity index (χ1) is 9.30. The van der Waals surface area contributed by atoms with Crippen molar-refractivity contribution < 1.29 is 9.59 Å². The van der Waals surface area contributed by atoms with E-state index in [0.29, 0.717) is 13.0 Å². The number of amides is 2. The molecule has 0 aromatic heterocycles. The molecule has 1 unspecified atom stereocenters. The lowest BCUT2D eigenvalue weighted by atomic mass is 9.86. The van der Waals surface area contributed by atoms with Crippen molar-refractivity contribution in [1.29, 1.82) is 0 Å². The van der Waals surface area contributed by atoms with Crippen LogP contribution >= 0.6 is 0 Å². The van der Waals surface area contributed by atoms with E-state index >= 15 is 0 Å². The fourth-order valence-electron chi connectivity index (χ4n) is 3.38. The van der Waals surface area contributed by atoms with Gasteiger partial charge in [-0.05, 0) is 31.1 Å². The van der Waals surface area contributed by atoms with Crippen molar-refractivity contribution in [2.24, 2.45) is 5.41 Å². The molecule has 2 amide bonds. The molecule has 1 N–H and O–H groups in total. The van der Waals surface area contributed by atoms with E-state index in [0.717, 1.165) is 32.1 Å². The molecule has 1 spiro atoms. The first-order valence-corrected chi connectivity index (χ1v) is 7.93. The average molecular weight is 280 g/mol. The molecule has 2 aliphatic rings. The minimum absolute atomic E-state index is 0.0790. The molecule has 4 heteroatoms. The molecule has 20 heavy (non-hydrogen) atoms. The maximum Gasteiger partial charge on any atom is 0.246 e. The summed E-state index contributed by atoms with van der Waals surface area (Å²) in [5.41, 5.74) is -0.371. The molecule has 1 atom stereocenters. The predicted molar refractivity (Wildman–Crippen MR) is 79.2 cm³/mol. The van der Waals surface area contributed by atoms with Crippen molar-refractivity contribution in [2.45, 2.75) is 77.8 Å². The lowest BCUT2D eigenvalue weighted by Gasteiger charge is -2.47. The molecule has 1 aliphatic carbocycles. The lowest BCUT2D eigenvalue weighted by Crippen LogP contribution is -2.69. The van der Waals surface area contributed by atoms with Gasteiger partial charge in [0, 0.05) is 6.54 Å². The lowest BCUT2D eigenvalue weighted by molar-refractivity contribution is -0.157. The summed E-state index contributed by atoms with van der Waals surface area (Å²) in [4.78, 5) is 27.2. The zero-order valence-corrected chi connectivity index (χ0v) is 13.3. The molecule has 0 aromatic rings. The van der Waals surface area contributed by atoms with E-state index in [-0.39, 0.29) is 23.3 Å². The van der Waals surface area contributed by atoms with Gasteiger partial charge in [-0.3, -0.25) is 9.59 Å². The summed E-state index contributed by atoms with van der Waals surface area (Å²) in [7, 11) is 0. The zero-order valence-electron chi connectivity index (χ0n) is 13.3. The van der Waals surface area contributed by atoms with Crippen molar-refractivity contribution in [2.75, 3.05) is 6.54 Å². The van der Waals surface area contributed by atoms with Crippen LogP contribution in [0.2, 0.25) is 0 Å². The molecule has 0 radical (unpaired) electrons. The summed E-state index contributed by atoms with van der Waals surface area (Å²) in [6.45, 7) is 9.20. The van der Waals surface area contributed by atoms with Crippen LogP contribution in [-0.2, 0) is 9.59 Å². The fraction of sp³-hybridized carbons (Fsp3) is 0.875. The third-order valence-corrected chi connectivity index (χ3v) is 4.73. The number of carbonyl (C=O) groups is 2. The molecule has 4 nitrogen and oxygen atoms in total. The van der Waals surface area contributed by atoms with Gasteiger partial charge in [-0.1, -0.05) is 40.5 Å². The van der Waals surface area contributed by atoms with Crippen molar-refractivity contribution in [3.63, 3.8) is 0 Å². The molecule has 0 bridgehead atoms. The van der Waals surface area contributed by atoms with Crippen LogP contribution in [0.4, 0.5) is 0 Å². The molecule has 1 heterocycles. The second-order valence-corrected chi connectivity index (χ2v) is 7.47. The Morgan fingerprint density at radius 2 is 1.85 bits per heavy atom. The summed E-state index contributed by atoms with van der Waals surface area (Å²) >= 11 is 0. The minimum Gasteiger partial charge on any atom is -0.342 e. The number of carbonyl (C=O) groups excluding carboxylic acids is 2. The third kappa shape index (κ3) is 2.70. The molecule has 1 saturated heterocycles. The summed E-state index contributed by atoms with van der Waals surface area (Å²) in [6.07, 6.45) is 5.35. The van der Waals surface area contributed by atoms with Gasteiger partial charge in [-0.15, -0.1) is 0 Å². The molecular weight excluding hydrogens is 252 g/mol. The van der Waals surface area contributed by atoms with E-state index < -0.39 is 5.54 Å². The number of nitrogens with zero attached hydrogens (tertiary/aromatic N) is 1. The standard InChI is InChI=1S/C16H28N2O2/c1-5-12-13(19)18(11-10-15(2,3)4)16(14(20)17-12)8-6-7-9-16/h12H,5-11H2,1-4H3,(H,17,20). The van der Waals surface area contributed by atoms with Gasteiger partial charge in [0.15, 0.2) is 0 Å². The van der Waals surface area contributed by atoms with Gasteiger partial charge in [-0.2, -0.15) is 0 Å². The van der Waals surface area contributed by atoms with Crippen molar-refractivity contribution in [3.8, 4) is 0 Å². The Morgan fingerprint density at radius 3 is 2.35 bits per heavy atom. The van der Waals surface area contributed by atoms with Crippen molar-refractivity contribution in [1.82, 2.24) is 10.2 Å². The second-order valence-electron chi connectivity index (χ2n) is 7.47. The van der Waals surface area contributed by atoms with Crippen molar-refractivity contribution in [3.05, 3.63) is 0 Å². The van der Waals surface area contributed by atoms with Crippen molar-refractivity contribution >= 4 is 11.8 Å². The highest BCUT2D eigenvalue weighted by Gasteiger charge is 2.53. The number of hydrogen-bond acceptors (Lipinski definition) is 2. The summed E-state index contributed by atoms with van der Waals surface area (Å²) in [6, 6.07) is -0.325. The van der Waals surface area contributed by atoms with E-state index in [9.17, 15) is 9.59 Å². The first kappa shape index (κ1) is 15.3. The first-order valence-electron chi connectivity index (χ1n) is 7.93. The minimum atomic E-state index is -0.548. The topological polar surface area (TPSA) is 49.4 Å². The van der Waals surface area contributed by atoms with Crippen LogP contribution in [0.25, 0.3) is 0 Å². The monoisotopic (exact) mass is 280 g/mol. The number of rotatable bonds is 3. The Balaban J connectivity index is 2.24. The van der Waals surface area contributed by atoms with E-state index in [1.54, 1.807) is 0 Å². The second kappa shape index (κ2) is 5.38. The predicted octanol–water partition coefficient (Wildman–Crippen LogP) is 2.47. The normalized spacial score (nSPS) is 26.2. The maximum absolute atomic E-state index is 12.7. The fourth-order valence-corrected chi connectivity index (χ4v) is 3.38. The van der Waals surface area contributed by atoms with Crippen LogP contribution in [0, 0.1) is 5.41 Å². The van der Waals surface area contributed by atoms with E-state index in [2.05, 4.69) is 26.1 Å². The number of hydrogen-bond donors (Lipinski definition) is 1. The average Bonchev–Trinajstić information content (AvgIpc) is 2.83. The number of piperazine rings is 1. The number of nitrogens with one attached hydrogen (secondary N) is 1. The molecule has 1 aliphatic heterocycles. The molecular formula is C16H28N2O2. The zero-order chi connectivity index (χ0) is 15.0. The third-order valence-electron chi connectivity index (χ3n) is 4.73. The Hall–Kier alpha value is -1.06. The van der Waals surface area contributed by atoms with Gasteiger partial charge in [0.05, 0.1) is 0 Å². The van der Waals surface area contributed by atoms with E-state index in [4.69, 9.17) is 0 Å². The smallest absolute Gasteiger partial charge is 0.246 e. The summed E-state index contributed by atoms with van der Waals surface area (Å²) in [5, 5.41) is 2.95. The van der Waals surface area contributed by atoms with Crippen LogP contribution in [-0.4, -0.2) is 34.8 Å².